The standard InChI is InChI=1S/C18H18N4O5/c1-26-15-5-3-2-4-14(15)21-17(24)18(25)22-20-10-12-6-8-13(9-7-12)27-11-16(19)23/h2-10H,11H2,1H3,(H2,19,23)(H,21,24)(H,22,25)/b20-10-. The Bertz CT molecular complexity index is 849. The number of carbonyl (C=O) groups excluding carboxylic acids is 3. The number of nitrogens with zero attached hydrogens (tertiary/aromatic N) is 1. The van der Waals surface area contributed by atoms with Crippen LogP contribution in [0.4, 0.5) is 5.69 Å². The van der Waals surface area contributed by atoms with E-state index in [1.165, 1.54) is 13.3 Å². The monoisotopic (exact) mass is 370 g/mol. The van der Waals surface area contributed by atoms with Crippen molar-refractivity contribution in [2.45, 2.75) is 0 Å². The van der Waals surface area contributed by atoms with Crippen LogP contribution in [0, 0.1) is 0 Å². The van der Waals surface area contributed by atoms with Crippen molar-refractivity contribution in [3.8, 4) is 11.5 Å². The zero-order chi connectivity index (χ0) is 19.6. The molecule has 0 aliphatic carbocycles. The molecule has 0 aliphatic rings. The summed E-state index contributed by atoms with van der Waals surface area (Å²) in [5, 5.41) is 6.16. The van der Waals surface area contributed by atoms with Crippen LogP contribution in [-0.2, 0) is 14.4 Å². The summed E-state index contributed by atoms with van der Waals surface area (Å²) >= 11 is 0. The molecule has 140 valence electrons. The fraction of sp³-hybridized carbons (Fsp3) is 0.111. The minimum absolute atomic E-state index is 0.217. The number of hydrogen-bond acceptors (Lipinski definition) is 6. The second kappa shape index (κ2) is 9.56. The number of nitrogens with two attached hydrogens (primary N) is 1. The molecule has 0 saturated carbocycles. The molecule has 0 saturated heterocycles. The Morgan fingerprint density at radius 3 is 2.44 bits per heavy atom. The van der Waals surface area contributed by atoms with E-state index in [-0.39, 0.29) is 6.61 Å². The van der Waals surface area contributed by atoms with E-state index in [0.29, 0.717) is 22.7 Å². The van der Waals surface area contributed by atoms with E-state index in [1.54, 1.807) is 48.5 Å². The average Bonchev–Trinajstić information content (AvgIpc) is 2.67. The third kappa shape index (κ3) is 6.16. The number of nitrogens with one attached hydrogen (secondary N) is 2. The summed E-state index contributed by atoms with van der Waals surface area (Å²) in [5.41, 5.74) is 8.13. The number of rotatable bonds is 7. The zero-order valence-electron chi connectivity index (χ0n) is 14.5. The number of primary amides is 1. The number of anilines is 1. The van der Waals surface area contributed by atoms with Gasteiger partial charge in [0.05, 0.1) is 19.0 Å². The maximum atomic E-state index is 11.9. The number of benzene rings is 2. The fourth-order valence-corrected chi connectivity index (χ4v) is 1.95. The van der Waals surface area contributed by atoms with Gasteiger partial charge < -0.3 is 20.5 Å². The average molecular weight is 370 g/mol. The van der Waals surface area contributed by atoms with Gasteiger partial charge in [0.25, 0.3) is 5.91 Å². The van der Waals surface area contributed by atoms with Crippen molar-refractivity contribution >= 4 is 29.6 Å². The fourth-order valence-electron chi connectivity index (χ4n) is 1.95. The molecule has 2 aromatic carbocycles. The van der Waals surface area contributed by atoms with Gasteiger partial charge in [-0.2, -0.15) is 5.10 Å². The molecular weight excluding hydrogens is 352 g/mol. The van der Waals surface area contributed by atoms with Crippen LogP contribution < -0.4 is 25.9 Å². The SMILES string of the molecule is COc1ccccc1NC(=O)C(=O)N/N=C\c1ccc(OCC(N)=O)cc1. The first-order valence-corrected chi connectivity index (χ1v) is 7.78. The lowest BCUT2D eigenvalue weighted by Gasteiger charge is -2.08. The minimum Gasteiger partial charge on any atom is -0.495 e. The smallest absolute Gasteiger partial charge is 0.329 e. The van der Waals surface area contributed by atoms with Gasteiger partial charge in [-0.15, -0.1) is 0 Å². The van der Waals surface area contributed by atoms with Crippen LogP contribution in [0.3, 0.4) is 0 Å². The van der Waals surface area contributed by atoms with Gasteiger partial charge in [-0.1, -0.05) is 12.1 Å². The van der Waals surface area contributed by atoms with Crippen LogP contribution in [0.2, 0.25) is 0 Å². The Morgan fingerprint density at radius 1 is 1.07 bits per heavy atom. The molecule has 0 spiro atoms. The first-order chi connectivity index (χ1) is 13.0. The van der Waals surface area contributed by atoms with E-state index < -0.39 is 17.7 Å². The second-order valence-corrected chi connectivity index (χ2v) is 5.18. The lowest BCUT2D eigenvalue weighted by molar-refractivity contribution is -0.136. The second-order valence-electron chi connectivity index (χ2n) is 5.18. The van der Waals surface area contributed by atoms with Gasteiger partial charge in [0.2, 0.25) is 0 Å². The van der Waals surface area contributed by atoms with Crippen LogP contribution in [0.5, 0.6) is 11.5 Å². The maximum absolute atomic E-state index is 11.9. The molecule has 2 rings (SSSR count). The van der Waals surface area contributed by atoms with E-state index in [9.17, 15) is 14.4 Å². The van der Waals surface area contributed by atoms with E-state index in [0.717, 1.165) is 0 Å². The summed E-state index contributed by atoms with van der Waals surface area (Å²) in [5.74, 6) is -1.49. The van der Waals surface area contributed by atoms with Gasteiger partial charge in [-0.05, 0) is 42.0 Å². The number of carbonyl (C=O) groups is 3. The number of hydrogen-bond donors (Lipinski definition) is 3. The Balaban J connectivity index is 1.87. The molecule has 4 N–H and O–H groups in total. The Morgan fingerprint density at radius 2 is 1.78 bits per heavy atom. The predicted octanol–water partition coefficient (Wildman–Crippen LogP) is 0.648. The van der Waals surface area contributed by atoms with Crippen LogP contribution in [0.25, 0.3) is 0 Å². The normalized spacial score (nSPS) is 10.3. The Hall–Kier alpha value is -3.88. The zero-order valence-corrected chi connectivity index (χ0v) is 14.5. The van der Waals surface area contributed by atoms with Crippen molar-refractivity contribution in [2.75, 3.05) is 19.0 Å². The van der Waals surface area contributed by atoms with E-state index in [4.69, 9.17) is 15.2 Å². The predicted molar refractivity (Wildman–Crippen MR) is 98.5 cm³/mol. The first-order valence-electron chi connectivity index (χ1n) is 7.78. The molecule has 0 heterocycles. The number of methoxy groups -OCH3 is 1. The molecule has 0 fully saturated rings. The van der Waals surface area contributed by atoms with Gasteiger partial charge in [0.15, 0.2) is 6.61 Å². The van der Waals surface area contributed by atoms with Gasteiger partial charge in [-0.25, -0.2) is 5.43 Å². The van der Waals surface area contributed by atoms with Crippen LogP contribution in [0.15, 0.2) is 53.6 Å². The molecule has 9 heteroatoms. The number of amides is 3. The van der Waals surface area contributed by atoms with Crippen molar-refractivity contribution in [3.05, 3.63) is 54.1 Å². The van der Waals surface area contributed by atoms with Gasteiger partial charge in [-0.3, -0.25) is 14.4 Å². The molecule has 0 aromatic heterocycles. The van der Waals surface area contributed by atoms with Crippen LogP contribution >= 0.6 is 0 Å². The van der Waals surface area contributed by atoms with E-state index >= 15 is 0 Å². The van der Waals surface area contributed by atoms with Gasteiger partial charge in [0, 0.05) is 0 Å². The number of ether oxygens (including phenoxy) is 2. The molecule has 0 radical (unpaired) electrons. The molecule has 3 amide bonds. The molecule has 9 nitrogen and oxygen atoms in total. The summed E-state index contributed by atoms with van der Waals surface area (Å²) in [7, 11) is 1.46. The Labute approximate surface area is 155 Å². The van der Waals surface area contributed by atoms with E-state index in [1.807, 2.05) is 0 Å². The molecular formula is C18H18N4O5. The highest BCUT2D eigenvalue weighted by atomic mass is 16.5. The quantitative estimate of drug-likeness (QED) is 0.374. The van der Waals surface area contributed by atoms with Crippen LogP contribution in [0.1, 0.15) is 5.56 Å². The van der Waals surface area contributed by atoms with Gasteiger partial charge >= 0.3 is 11.8 Å². The number of hydrazone groups is 1. The topological polar surface area (TPSA) is 132 Å². The largest absolute Gasteiger partial charge is 0.495 e. The summed E-state index contributed by atoms with van der Waals surface area (Å²) in [6.07, 6.45) is 1.35. The first kappa shape index (κ1) is 19.4. The van der Waals surface area contributed by atoms with Crippen LogP contribution in [-0.4, -0.2) is 37.7 Å². The molecule has 0 aliphatic heterocycles. The molecule has 0 bridgehead atoms. The highest BCUT2D eigenvalue weighted by Crippen LogP contribution is 2.22. The summed E-state index contributed by atoms with van der Waals surface area (Å²) in [4.78, 5) is 34.3. The number of para-hydroxylation sites is 2. The molecule has 0 unspecified atom stereocenters. The van der Waals surface area contributed by atoms with Crippen molar-refractivity contribution in [2.24, 2.45) is 10.8 Å². The van der Waals surface area contributed by atoms with Crippen molar-refractivity contribution < 1.29 is 23.9 Å². The summed E-state index contributed by atoms with van der Waals surface area (Å²) in [6, 6.07) is 13.2. The lowest BCUT2D eigenvalue weighted by atomic mass is 10.2. The summed E-state index contributed by atoms with van der Waals surface area (Å²) < 4.78 is 10.2. The molecule has 27 heavy (non-hydrogen) atoms. The van der Waals surface area contributed by atoms with E-state index in [2.05, 4.69) is 15.8 Å². The van der Waals surface area contributed by atoms with Gasteiger partial charge in [0.1, 0.15) is 11.5 Å². The third-order valence-electron chi connectivity index (χ3n) is 3.20. The third-order valence-corrected chi connectivity index (χ3v) is 3.20. The molecule has 0 atom stereocenters. The summed E-state index contributed by atoms with van der Waals surface area (Å²) in [6.45, 7) is -0.217. The minimum atomic E-state index is -0.932. The van der Waals surface area contributed by atoms with Crippen molar-refractivity contribution in [1.82, 2.24) is 5.43 Å². The van der Waals surface area contributed by atoms with Crippen molar-refractivity contribution in [1.29, 1.82) is 0 Å². The highest BCUT2D eigenvalue weighted by molar-refractivity contribution is 6.39. The maximum Gasteiger partial charge on any atom is 0.329 e. The molecule has 2 aromatic rings. The lowest BCUT2D eigenvalue weighted by Crippen LogP contribution is -2.32. The van der Waals surface area contributed by atoms with Crippen molar-refractivity contribution in [3.63, 3.8) is 0 Å². The highest BCUT2D eigenvalue weighted by Gasteiger charge is 2.14. The Kier molecular flexibility index (Phi) is 6.89.